The Balaban J connectivity index is 2.58. The van der Waals surface area contributed by atoms with E-state index >= 15 is 0 Å². The summed E-state index contributed by atoms with van der Waals surface area (Å²) in [6, 6.07) is 5.89. The lowest BCUT2D eigenvalue weighted by Gasteiger charge is -2.15. The first-order valence-corrected chi connectivity index (χ1v) is 7.18. The Labute approximate surface area is 148 Å². The van der Waals surface area contributed by atoms with Gasteiger partial charge in [-0.2, -0.15) is 0 Å². The van der Waals surface area contributed by atoms with Crippen molar-refractivity contribution < 1.29 is 9.59 Å². The van der Waals surface area contributed by atoms with E-state index in [1.54, 1.807) is 0 Å². The smallest absolute Gasteiger partial charge is 0.269 e. The Morgan fingerprint density at radius 1 is 0.727 bits per heavy atom. The van der Waals surface area contributed by atoms with Gasteiger partial charge < -0.3 is 35.1 Å². The molecule has 0 aliphatic heterocycles. The van der Waals surface area contributed by atoms with Gasteiger partial charge in [0, 0.05) is 11.1 Å². The highest BCUT2D eigenvalue weighted by atomic mass is 32.1. The second-order valence-electron chi connectivity index (χ2n) is 3.60. The van der Waals surface area contributed by atoms with E-state index in [9.17, 15) is 9.59 Å². The van der Waals surface area contributed by atoms with Gasteiger partial charge in [-0.05, 0) is 48.7 Å². The molecular weight excluding hydrogens is 364 g/mol. The Kier molecular flexibility index (Phi) is 7.73. The van der Waals surface area contributed by atoms with Gasteiger partial charge >= 0.3 is 0 Å². The van der Waals surface area contributed by atoms with E-state index in [1.807, 2.05) is 0 Å². The fourth-order valence-electron chi connectivity index (χ4n) is 1.20. The second kappa shape index (κ2) is 9.30. The number of hydrogen-bond donors (Lipinski definition) is 6. The normalized spacial score (nSPS) is 9.18. The highest BCUT2D eigenvalue weighted by Gasteiger charge is 2.08. The van der Waals surface area contributed by atoms with Crippen molar-refractivity contribution in [1.82, 2.24) is 31.1 Å². The van der Waals surface area contributed by atoms with Crippen LogP contribution in [0, 0.1) is 0 Å². The average Bonchev–Trinajstić information content (AvgIpc) is 2.56. The van der Waals surface area contributed by atoms with Crippen LogP contribution < -0.4 is 31.1 Å². The third-order valence-electron chi connectivity index (χ3n) is 2.17. The van der Waals surface area contributed by atoms with Crippen LogP contribution in [0.2, 0.25) is 0 Å². The van der Waals surface area contributed by atoms with E-state index < -0.39 is 11.8 Å². The Hall–Kier alpha value is -1.76. The fourth-order valence-corrected chi connectivity index (χ4v) is 1.40. The highest BCUT2D eigenvalue weighted by Crippen LogP contribution is 2.04. The number of benzene rings is 1. The first-order chi connectivity index (χ1) is 10.5. The van der Waals surface area contributed by atoms with Crippen LogP contribution in [0.15, 0.2) is 24.3 Å². The number of thiocarbonyl (C=S) groups is 2. The first kappa shape index (κ1) is 18.3. The minimum absolute atomic E-state index is 0.0942. The second-order valence-corrected chi connectivity index (χ2v) is 4.82. The summed E-state index contributed by atoms with van der Waals surface area (Å²) in [6.45, 7) is 0. The molecule has 1 aromatic rings. The lowest BCUT2D eigenvalue weighted by Crippen LogP contribution is -2.45. The van der Waals surface area contributed by atoms with Gasteiger partial charge in [-0.1, -0.05) is 0 Å². The molecule has 0 radical (unpaired) electrons. The molecule has 12 heteroatoms. The van der Waals surface area contributed by atoms with Gasteiger partial charge in [-0.15, -0.1) is 0 Å². The topological polar surface area (TPSA) is 106 Å². The molecule has 0 fully saturated rings. The molecule has 1 rings (SSSR count). The molecule has 0 saturated heterocycles. The van der Waals surface area contributed by atoms with E-state index in [0.29, 0.717) is 11.1 Å². The van der Waals surface area contributed by atoms with E-state index in [1.165, 1.54) is 24.3 Å². The van der Waals surface area contributed by atoms with Crippen molar-refractivity contribution in [2.75, 3.05) is 0 Å². The summed E-state index contributed by atoms with van der Waals surface area (Å²) in [5, 5.41) is 0.188. The van der Waals surface area contributed by atoms with Gasteiger partial charge in [0.1, 0.15) is 0 Å². The maximum atomic E-state index is 11.8. The first-order valence-electron chi connectivity index (χ1n) is 5.55. The van der Waals surface area contributed by atoms with Gasteiger partial charge in [0.15, 0.2) is 10.2 Å². The van der Waals surface area contributed by atoms with Crippen molar-refractivity contribution in [1.29, 1.82) is 0 Å². The number of rotatable bonds is 2. The van der Waals surface area contributed by atoms with Crippen LogP contribution in [0.25, 0.3) is 0 Å². The van der Waals surface area contributed by atoms with E-state index in [2.05, 4.69) is 56.8 Å². The summed E-state index contributed by atoms with van der Waals surface area (Å²) in [5.74, 6) is -0.872. The summed E-state index contributed by atoms with van der Waals surface area (Å²) in [5.41, 5.74) is 10.1. The molecule has 0 saturated carbocycles. The molecule has 22 heavy (non-hydrogen) atoms. The molecule has 0 aliphatic carbocycles. The van der Waals surface area contributed by atoms with Gasteiger partial charge in [-0.25, -0.2) is 0 Å². The van der Waals surface area contributed by atoms with Crippen molar-refractivity contribution >= 4 is 72.1 Å². The predicted molar refractivity (Wildman–Crippen MR) is 93.8 cm³/mol. The number of carbonyl (C=O) groups is 2. The number of hydrogen-bond acceptors (Lipinski definition) is 6. The van der Waals surface area contributed by atoms with Crippen molar-refractivity contribution in [3.05, 3.63) is 35.4 Å². The van der Waals surface area contributed by atoms with E-state index in [4.69, 9.17) is 24.4 Å². The fraction of sp³-hybridized carbons (Fsp3) is 0. The van der Waals surface area contributed by atoms with Gasteiger partial charge in [0.25, 0.3) is 11.8 Å². The minimum Gasteiger partial charge on any atom is -0.668 e. The molecule has 8 nitrogen and oxygen atoms in total. The third kappa shape index (κ3) is 5.93. The zero-order valence-corrected chi connectivity index (χ0v) is 14.0. The summed E-state index contributed by atoms with van der Waals surface area (Å²) >= 11 is 18.4. The van der Waals surface area contributed by atoms with E-state index in [-0.39, 0.29) is 10.2 Å². The van der Waals surface area contributed by atoms with Crippen molar-refractivity contribution in [3.63, 3.8) is 0 Å². The summed E-state index contributed by atoms with van der Waals surface area (Å²) in [7, 11) is 0. The minimum atomic E-state index is -0.436. The molecule has 0 bridgehead atoms. The molecule has 118 valence electrons. The average molecular weight is 374 g/mol. The van der Waals surface area contributed by atoms with Crippen LogP contribution >= 0.6 is 24.4 Å². The summed E-state index contributed by atoms with van der Waals surface area (Å²) in [4.78, 5) is 23.5. The number of carbonyl (C=O) groups excluding carboxylic acids is 2. The maximum absolute atomic E-state index is 11.8. The number of nitrogens with one attached hydrogen (secondary N) is 6. The van der Waals surface area contributed by atoms with E-state index in [0.717, 1.165) is 0 Å². The van der Waals surface area contributed by atoms with Crippen molar-refractivity contribution in [2.45, 2.75) is 0 Å². The van der Waals surface area contributed by atoms with Crippen LogP contribution in [0.5, 0.6) is 0 Å². The quantitative estimate of drug-likeness (QED) is 0.215. The predicted octanol–water partition coefficient (Wildman–Crippen LogP) is -1.17. The number of hydrazine groups is 2. The van der Waals surface area contributed by atoms with Gasteiger partial charge in [0.05, 0.1) is 0 Å². The molecule has 1 aromatic carbocycles. The van der Waals surface area contributed by atoms with Crippen molar-refractivity contribution in [2.24, 2.45) is 0 Å². The number of amides is 2. The molecule has 6 N–H and O–H groups in total. The van der Waals surface area contributed by atoms with Crippen LogP contribution in [0.3, 0.4) is 0 Å². The van der Waals surface area contributed by atoms with Gasteiger partial charge in [0.2, 0.25) is 0 Å². The Bertz CT molecular complexity index is 528. The van der Waals surface area contributed by atoms with Crippen LogP contribution in [-0.4, -0.2) is 22.0 Å². The standard InChI is InChI=1S/C10H10N6O2S4/c17-7(11-13-9(19)15-21)5-1-2-6(4-3-5)8(18)12-14-10(20)16-22/h1-4H,(H6-2,11,12,13,14,15,16,17,18,19,20,21,22)/q-2. The molecule has 0 unspecified atom stereocenters. The SMILES string of the molecule is O=C(NNC(=S)N[S-])c1ccc(C(=O)NNC(=S)N[S-])cc1. The van der Waals surface area contributed by atoms with Gasteiger partial charge in [-0.3, -0.25) is 31.3 Å². The highest BCUT2D eigenvalue weighted by molar-refractivity contribution is 7.81. The third-order valence-corrected chi connectivity index (χ3v) is 3.25. The lowest BCUT2D eigenvalue weighted by molar-refractivity contribution is 0.0932. The molecule has 2 amide bonds. The summed E-state index contributed by atoms with van der Waals surface area (Å²) in [6.07, 6.45) is 0. The summed E-state index contributed by atoms with van der Waals surface area (Å²) < 4.78 is 4.46. The molecule has 0 heterocycles. The molecule has 0 aromatic heterocycles. The largest absolute Gasteiger partial charge is 0.668 e. The lowest BCUT2D eigenvalue weighted by atomic mass is 10.1. The zero-order chi connectivity index (χ0) is 16.5. The Morgan fingerprint density at radius 3 is 1.32 bits per heavy atom. The van der Waals surface area contributed by atoms with Crippen molar-refractivity contribution in [3.8, 4) is 0 Å². The maximum Gasteiger partial charge on any atom is 0.269 e. The molecule has 0 atom stereocenters. The van der Waals surface area contributed by atoms with Crippen LogP contribution in [0.1, 0.15) is 20.7 Å². The van der Waals surface area contributed by atoms with Crippen LogP contribution in [0.4, 0.5) is 0 Å². The monoisotopic (exact) mass is 374 g/mol. The van der Waals surface area contributed by atoms with Crippen LogP contribution in [-0.2, 0) is 25.6 Å². The molecular formula is C10H10N6O2S4-2. The zero-order valence-electron chi connectivity index (χ0n) is 10.8. The molecule has 0 spiro atoms. The molecule has 0 aliphatic rings. The Morgan fingerprint density at radius 2 is 1.05 bits per heavy atom.